The molecule has 0 atom stereocenters. The minimum absolute atomic E-state index is 0.828. The van der Waals surface area contributed by atoms with Gasteiger partial charge in [0.1, 0.15) is 0 Å². The van der Waals surface area contributed by atoms with Crippen LogP contribution < -0.4 is 5.73 Å². The normalized spacial score (nSPS) is 10.4. The maximum Gasteiger partial charge on any atom is 0.0322 e. The van der Waals surface area contributed by atoms with Gasteiger partial charge in [-0.15, -0.1) is 0 Å². The van der Waals surface area contributed by atoms with Gasteiger partial charge in [-0.25, -0.2) is 0 Å². The standard InChI is InChI=1S/C15H17N/c1-10-4-11(2)6-13(5-10)14-7-12(3)8-15(16)9-14/h4-9H,16H2,1-3H3. The zero-order valence-electron chi connectivity index (χ0n) is 10.0. The molecule has 0 bridgehead atoms. The van der Waals surface area contributed by atoms with E-state index in [-0.39, 0.29) is 0 Å². The van der Waals surface area contributed by atoms with Crippen LogP contribution in [-0.4, -0.2) is 0 Å². The van der Waals surface area contributed by atoms with E-state index in [0.717, 1.165) is 5.69 Å². The van der Waals surface area contributed by atoms with E-state index in [0.29, 0.717) is 0 Å². The number of nitrogen functional groups attached to an aromatic ring is 1. The summed E-state index contributed by atoms with van der Waals surface area (Å²) in [4.78, 5) is 0. The number of aryl methyl sites for hydroxylation is 3. The van der Waals surface area contributed by atoms with E-state index in [1.807, 2.05) is 12.1 Å². The molecular formula is C15H17N. The first-order valence-corrected chi connectivity index (χ1v) is 5.50. The van der Waals surface area contributed by atoms with Crippen LogP contribution in [0.25, 0.3) is 11.1 Å². The molecule has 0 radical (unpaired) electrons. The lowest BCUT2D eigenvalue weighted by Gasteiger charge is -2.07. The predicted octanol–water partition coefficient (Wildman–Crippen LogP) is 3.86. The molecule has 0 heterocycles. The molecule has 0 aliphatic carbocycles. The zero-order valence-corrected chi connectivity index (χ0v) is 10.0. The third-order valence-corrected chi connectivity index (χ3v) is 2.65. The zero-order chi connectivity index (χ0) is 11.7. The Kier molecular flexibility index (Phi) is 2.69. The highest BCUT2D eigenvalue weighted by atomic mass is 14.5. The van der Waals surface area contributed by atoms with Gasteiger partial charge in [0, 0.05) is 5.69 Å². The van der Waals surface area contributed by atoms with E-state index in [9.17, 15) is 0 Å². The Bertz CT molecular complexity index is 437. The summed E-state index contributed by atoms with van der Waals surface area (Å²) >= 11 is 0. The summed E-state index contributed by atoms with van der Waals surface area (Å²) in [6.45, 7) is 6.31. The van der Waals surface area contributed by atoms with E-state index < -0.39 is 0 Å². The Labute approximate surface area is 96.9 Å². The van der Waals surface area contributed by atoms with Gasteiger partial charge in [-0.05, 0) is 49.6 Å². The monoisotopic (exact) mass is 211 g/mol. The molecule has 0 unspecified atom stereocenters. The van der Waals surface area contributed by atoms with Crippen LogP contribution >= 0.6 is 0 Å². The third kappa shape index (κ3) is 2.25. The van der Waals surface area contributed by atoms with Crippen molar-refractivity contribution >= 4 is 5.69 Å². The van der Waals surface area contributed by atoms with Crippen molar-refractivity contribution in [1.29, 1.82) is 0 Å². The fourth-order valence-electron chi connectivity index (χ4n) is 2.12. The maximum absolute atomic E-state index is 5.87. The summed E-state index contributed by atoms with van der Waals surface area (Å²) < 4.78 is 0. The van der Waals surface area contributed by atoms with Gasteiger partial charge in [0.05, 0.1) is 0 Å². The topological polar surface area (TPSA) is 26.0 Å². The SMILES string of the molecule is Cc1cc(C)cc(-c2cc(C)cc(N)c2)c1. The Balaban J connectivity index is 2.57. The Morgan fingerprint density at radius 3 is 1.56 bits per heavy atom. The molecule has 0 saturated heterocycles. The molecule has 0 aliphatic heterocycles. The van der Waals surface area contributed by atoms with Crippen LogP contribution in [-0.2, 0) is 0 Å². The number of nitrogens with two attached hydrogens (primary N) is 1. The van der Waals surface area contributed by atoms with E-state index in [1.54, 1.807) is 0 Å². The van der Waals surface area contributed by atoms with Gasteiger partial charge in [-0.3, -0.25) is 0 Å². The van der Waals surface area contributed by atoms with Crippen molar-refractivity contribution in [3.63, 3.8) is 0 Å². The quantitative estimate of drug-likeness (QED) is 0.712. The molecule has 1 heteroatoms. The van der Waals surface area contributed by atoms with Crippen molar-refractivity contribution < 1.29 is 0 Å². The average molecular weight is 211 g/mol. The Hall–Kier alpha value is -1.76. The van der Waals surface area contributed by atoms with Crippen molar-refractivity contribution in [3.8, 4) is 11.1 Å². The fraction of sp³-hybridized carbons (Fsp3) is 0.200. The van der Waals surface area contributed by atoms with Crippen molar-refractivity contribution in [2.24, 2.45) is 0 Å². The summed E-state index contributed by atoms with van der Waals surface area (Å²) in [6.07, 6.45) is 0. The van der Waals surface area contributed by atoms with Crippen LogP contribution in [0.5, 0.6) is 0 Å². The molecule has 0 saturated carbocycles. The third-order valence-electron chi connectivity index (χ3n) is 2.65. The summed E-state index contributed by atoms with van der Waals surface area (Å²) in [5.74, 6) is 0. The summed E-state index contributed by atoms with van der Waals surface area (Å²) in [7, 11) is 0. The van der Waals surface area contributed by atoms with E-state index in [4.69, 9.17) is 5.73 Å². The van der Waals surface area contributed by atoms with Gasteiger partial charge in [0.25, 0.3) is 0 Å². The molecule has 1 nitrogen and oxygen atoms in total. The van der Waals surface area contributed by atoms with Gasteiger partial charge in [0.2, 0.25) is 0 Å². The first-order chi connectivity index (χ1) is 7.54. The average Bonchev–Trinajstić information content (AvgIpc) is 2.14. The summed E-state index contributed by atoms with van der Waals surface area (Å²) in [5.41, 5.74) is 12.9. The Morgan fingerprint density at radius 2 is 1.06 bits per heavy atom. The van der Waals surface area contributed by atoms with Crippen molar-refractivity contribution in [1.82, 2.24) is 0 Å². The van der Waals surface area contributed by atoms with E-state index in [1.165, 1.54) is 27.8 Å². The van der Waals surface area contributed by atoms with E-state index >= 15 is 0 Å². The first-order valence-electron chi connectivity index (χ1n) is 5.50. The van der Waals surface area contributed by atoms with Crippen LogP contribution in [0, 0.1) is 20.8 Å². The molecule has 0 fully saturated rings. The highest BCUT2D eigenvalue weighted by Gasteiger charge is 2.01. The van der Waals surface area contributed by atoms with Gasteiger partial charge >= 0.3 is 0 Å². The number of hydrogen-bond acceptors (Lipinski definition) is 1. The second kappa shape index (κ2) is 4.01. The molecule has 0 aromatic heterocycles. The number of benzene rings is 2. The number of rotatable bonds is 1. The Morgan fingerprint density at radius 1 is 0.625 bits per heavy atom. The smallest absolute Gasteiger partial charge is 0.0322 e. The van der Waals surface area contributed by atoms with E-state index in [2.05, 4.69) is 45.0 Å². The van der Waals surface area contributed by atoms with Gasteiger partial charge in [-0.1, -0.05) is 35.4 Å². The van der Waals surface area contributed by atoms with Crippen LogP contribution in [0.4, 0.5) is 5.69 Å². The van der Waals surface area contributed by atoms with Crippen LogP contribution in [0.1, 0.15) is 16.7 Å². The van der Waals surface area contributed by atoms with Gasteiger partial charge in [0.15, 0.2) is 0 Å². The summed E-state index contributed by atoms with van der Waals surface area (Å²) in [5, 5.41) is 0. The minimum atomic E-state index is 0.828. The fourth-order valence-corrected chi connectivity index (χ4v) is 2.12. The van der Waals surface area contributed by atoms with Crippen LogP contribution in [0.15, 0.2) is 36.4 Å². The lowest BCUT2D eigenvalue weighted by atomic mass is 9.99. The summed E-state index contributed by atoms with van der Waals surface area (Å²) in [6, 6.07) is 12.8. The maximum atomic E-state index is 5.87. The molecule has 2 rings (SSSR count). The second-order valence-corrected chi connectivity index (χ2v) is 4.51. The predicted molar refractivity (Wildman–Crippen MR) is 70.5 cm³/mol. The lowest BCUT2D eigenvalue weighted by Crippen LogP contribution is -1.89. The molecule has 0 aliphatic rings. The van der Waals surface area contributed by atoms with Gasteiger partial charge in [-0.2, -0.15) is 0 Å². The number of anilines is 1. The van der Waals surface area contributed by atoms with Crippen molar-refractivity contribution in [2.45, 2.75) is 20.8 Å². The lowest BCUT2D eigenvalue weighted by molar-refractivity contribution is 1.38. The highest BCUT2D eigenvalue weighted by molar-refractivity contribution is 5.69. The minimum Gasteiger partial charge on any atom is -0.399 e. The molecule has 2 aromatic carbocycles. The molecular weight excluding hydrogens is 194 g/mol. The van der Waals surface area contributed by atoms with Gasteiger partial charge < -0.3 is 5.73 Å². The van der Waals surface area contributed by atoms with Crippen LogP contribution in [0.3, 0.4) is 0 Å². The highest BCUT2D eigenvalue weighted by Crippen LogP contribution is 2.25. The second-order valence-electron chi connectivity index (χ2n) is 4.51. The molecule has 82 valence electrons. The molecule has 0 spiro atoms. The first kappa shape index (κ1) is 10.7. The molecule has 16 heavy (non-hydrogen) atoms. The molecule has 2 aromatic rings. The van der Waals surface area contributed by atoms with Crippen molar-refractivity contribution in [3.05, 3.63) is 53.1 Å². The molecule has 2 N–H and O–H groups in total. The molecule has 0 amide bonds. The number of hydrogen-bond donors (Lipinski definition) is 1. The van der Waals surface area contributed by atoms with Crippen molar-refractivity contribution in [2.75, 3.05) is 5.73 Å². The van der Waals surface area contributed by atoms with Crippen LogP contribution in [0.2, 0.25) is 0 Å². The largest absolute Gasteiger partial charge is 0.399 e.